The average molecular weight is 529 g/mol. The van der Waals surface area contributed by atoms with Crippen LogP contribution in [0.15, 0.2) is 70.3 Å². The molecule has 3 aliphatic rings. The Balaban J connectivity index is 1.36. The highest BCUT2D eigenvalue weighted by Crippen LogP contribution is 2.47. The minimum atomic E-state index is -0.780. The van der Waals surface area contributed by atoms with Gasteiger partial charge in [0.05, 0.1) is 55.7 Å². The number of halogens is 1. The van der Waals surface area contributed by atoms with Crippen molar-refractivity contribution in [3.8, 4) is 5.69 Å². The number of nitrogens with zero attached hydrogens (tertiary/aromatic N) is 6. The van der Waals surface area contributed by atoms with E-state index in [0.29, 0.717) is 31.9 Å². The smallest absolute Gasteiger partial charge is 0.191 e. The lowest BCUT2D eigenvalue weighted by molar-refractivity contribution is -0.139. The molecule has 0 saturated carbocycles. The number of aryl methyl sites for hydroxylation is 1. The van der Waals surface area contributed by atoms with E-state index in [2.05, 4.69) is 27.2 Å². The molecule has 2 fully saturated rings. The molecule has 39 heavy (non-hydrogen) atoms. The Morgan fingerprint density at radius 3 is 2.64 bits per heavy atom. The summed E-state index contributed by atoms with van der Waals surface area (Å²) in [6.45, 7) is 4.24. The number of fused-ring (bicyclic) bond motifs is 2. The molecule has 200 valence electrons. The van der Waals surface area contributed by atoms with Crippen LogP contribution in [0.5, 0.6) is 0 Å². The zero-order valence-corrected chi connectivity index (χ0v) is 21.8. The molecule has 4 aromatic rings. The van der Waals surface area contributed by atoms with E-state index in [0.717, 1.165) is 45.7 Å². The van der Waals surface area contributed by atoms with E-state index in [1.807, 2.05) is 35.8 Å². The van der Waals surface area contributed by atoms with Gasteiger partial charge in [-0.05, 0) is 54.3 Å². The number of aromatic nitrogens is 3. The fraction of sp³-hybridized carbons (Fsp3) is 0.345. The van der Waals surface area contributed by atoms with Crippen molar-refractivity contribution in [2.24, 2.45) is 10.5 Å². The third kappa shape index (κ3) is 3.77. The lowest BCUT2D eigenvalue weighted by Gasteiger charge is -2.58. The van der Waals surface area contributed by atoms with Gasteiger partial charge in [-0.15, -0.1) is 0 Å². The number of ether oxygens (including phenoxy) is 1. The first kappa shape index (κ1) is 24.1. The monoisotopic (exact) mass is 528 g/mol. The van der Waals surface area contributed by atoms with Crippen LogP contribution >= 0.6 is 0 Å². The third-order valence-corrected chi connectivity index (χ3v) is 8.19. The first-order valence-corrected chi connectivity index (χ1v) is 13.0. The topological polar surface area (TPSA) is 92.2 Å². The lowest BCUT2D eigenvalue weighted by atomic mass is 9.72. The van der Waals surface area contributed by atoms with Crippen LogP contribution in [0.3, 0.4) is 0 Å². The van der Waals surface area contributed by atoms with Gasteiger partial charge >= 0.3 is 0 Å². The molecule has 9 nitrogen and oxygen atoms in total. The second-order valence-corrected chi connectivity index (χ2v) is 11.0. The fourth-order valence-electron chi connectivity index (χ4n) is 6.22. The Kier molecular flexibility index (Phi) is 5.40. The molecule has 1 N–H and O–H groups in total. The van der Waals surface area contributed by atoms with E-state index in [1.165, 1.54) is 12.1 Å². The van der Waals surface area contributed by atoms with Gasteiger partial charge in [0, 0.05) is 25.2 Å². The first-order valence-electron chi connectivity index (χ1n) is 13.0. The summed E-state index contributed by atoms with van der Waals surface area (Å²) >= 11 is 0. The molecule has 0 amide bonds. The molecule has 0 radical (unpaired) electrons. The van der Waals surface area contributed by atoms with Crippen LogP contribution in [0.1, 0.15) is 23.2 Å². The van der Waals surface area contributed by atoms with Crippen LogP contribution in [0, 0.1) is 18.2 Å². The summed E-state index contributed by atoms with van der Waals surface area (Å²) in [4.78, 5) is 6.56. The molecule has 3 aliphatic heterocycles. The third-order valence-electron chi connectivity index (χ3n) is 8.19. The minimum absolute atomic E-state index is 0.0940. The summed E-state index contributed by atoms with van der Waals surface area (Å²) in [6, 6.07) is 10.5. The number of aliphatic hydroxyl groups is 1. The normalized spacial score (nSPS) is 23.3. The molecule has 7 rings (SSSR count). The SMILES string of the molecule is Cc1cn(-c2ccc(/C=C3\CC4(COC4)CN4C3=NN(C)CC4(CO)c3ccc(F)cc3)c3cnoc23)cn1. The van der Waals surface area contributed by atoms with Crippen LogP contribution in [-0.4, -0.2) is 75.5 Å². The Hall–Kier alpha value is -4.02. The van der Waals surface area contributed by atoms with E-state index in [9.17, 15) is 9.50 Å². The Morgan fingerprint density at radius 2 is 1.95 bits per heavy atom. The van der Waals surface area contributed by atoms with Crippen LogP contribution < -0.4 is 0 Å². The summed E-state index contributed by atoms with van der Waals surface area (Å²) in [5, 5.41) is 22.7. The number of aliphatic hydroxyl groups excluding tert-OH is 1. The van der Waals surface area contributed by atoms with Crippen molar-refractivity contribution in [1.29, 1.82) is 0 Å². The highest BCUT2D eigenvalue weighted by Gasteiger charge is 2.54. The Labute approximate surface area is 224 Å². The van der Waals surface area contributed by atoms with E-state index in [1.54, 1.807) is 24.7 Å². The van der Waals surface area contributed by atoms with Gasteiger partial charge in [0.1, 0.15) is 11.4 Å². The van der Waals surface area contributed by atoms with E-state index in [4.69, 9.17) is 14.4 Å². The van der Waals surface area contributed by atoms with Crippen molar-refractivity contribution in [3.63, 3.8) is 0 Å². The number of imidazole rings is 1. The molecule has 1 atom stereocenters. The van der Waals surface area contributed by atoms with Crippen molar-refractivity contribution >= 4 is 22.9 Å². The maximum absolute atomic E-state index is 13.9. The second kappa shape index (κ2) is 8.75. The maximum atomic E-state index is 13.9. The molecular formula is C29H29FN6O3. The van der Waals surface area contributed by atoms with E-state index >= 15 is 0 Å². The van der Waals surface area contributed by atoms with Crippen molar-refractivity contribution in [1.82, 2.24) is 24.6 Å². The highest BCUT2D eigenvalue weighted by atomic mass is 19.1. The zero-order valence-electron chi connectivity index (χ0n) is 21.8. The summed E-state index contributed by atoms with van der Waals surface area (Å²) in [5.41, 5.74) is 4.44. The fourth-order valence-corrected chi connectivity index (χ4v) is 6.22. The van der Waals surface area contributed by atoms with Gasteiger partial charge in [-0.3, -0.25) is 5.01 Å². The summed E-state index contributed by atoms with van der Waals surface area (Å²) in [7, 11) is 1.91. The minimum Gasteiger partial charge on any atom is -0.393 e. The number of benzene rings is 2. The average Bonchev–Trinajstić information content (AvgIpc) is 3.58. The van der Waals surface area contributed by atoms with E-state index in [-0.39, 0.29) is 17.8 Å². The molecule has 10 heteroatoms. The highest BCUT2D eigenvalue weighted by molar-refractivity contribution is 6.05. The number of rotatable bonds is 4. The van der Waals surface area contributed by atoms with E-state index < -0.39 is 5.54 Å². The number of hydrogen-bond acceptors (Lipinski definition) is 8. The van der Waals surface area contributed by atoms with Crippen LogP contribution in [0.4, 0.5) is 4.39 Å². The molecule has 0 aliphatic carbocycles. The molecule has 5 heterocycles. The number of amidine groups is 1. The van der Waals surface area contributed by atoms with Crippen LogP contribution in [-0.2, 0) is 10.3 Å². The maximum Gasteiger partial charge on any atom is 0.191 e. The van der Waals surface area contributed by atoms with Gasteiger partial charge in [-0.2, -0.15) is 5.10 Å². The molecular weight excluding hydrogens is 499 g/mol. The number of piperidine rings is 1. The van der Waals surface area contributed by atoms with Crippen molar-refractivity contribution in [3.05, 3.63) is 83.3 Å². The lowest BCUT2D eigenvalue weighted by Crippen LogP contribution is -2.67. The molecule has 2 saturated heterocycles. The molecule has 2 aromatic carbocycles. The standard InChI is InChI=1S/C29H29FN6O3/c1-19-12-35(18-31-19)25-8-3-20(24-11-32-39-26(24)25)9-21-10-28(16-38-17-28)13-36-27(21)33-34(2)14-29(36,15-37)22-4-6-23(30)7-5-22/h3-9,11-12,18,37H,10,13-17H2,1-2H3/b21-9+. The van der Waals surface area contributed by atoms with Crippen molar-refractivity contribution < 1.29 is 18.8 Å². The number of likely N-dealkylation sites (N-methyl/N-ethyl adjacent to an activating group) is 1. The van der Waals surface area contributed by atoms with Crippen LogP contribution in [0.2, 0.25) is 0 Å². The molecule has 0 bridgehead atoms. The van der Waals surface area contributed by atoms with Crippen molar-refractivity contribution in [2.75, 3.05) is 40.0 Å². The van der Waals surface area contributed by atoms with Gasteiger partial charge in [0.25, 0.3) is 0 Å². The van der Waals surface area contributed by atoms with Crippen LogP contribution in [0.25, 0.3) is 22.7 Å². The number of hydrogen-bond donors (Lipinski definition) is 1. The van der Waals surface area contributed by atoms with Gasteiger partial charge in [-0.25, -0.2) is 9.37 Å². The quantitative estimate of drug-likeness (QED) is 0.432. The summed E-state index contributed by atoms with van der Waals surface area (Å²) < 4.78 is 27.2. The van der Waals surface area contributed by atoms with Crippen molar-refractivity contribution in [2.45, 2.75) is 18.9 Å². The predicted molar refractivity (Wildman–Crippen MR) is 144 cm³/mol. The van der Waals surface area contributed by atoms with Gasteiger partial charge < -0.3 is 23.8 Å². The summed E-state index contributed by atoms with van der Waals surface area (Å²) in [5.74, 6) is 0.499. The molecule has 1 unspecified atom stereocenters. The molecule has 1 spiro atoms. The largest absolute Gasteiger partial charge is 0.393 e. The second-order valence-electron chi connectivity index (χ2n) is 11.0. The molecule has 2 aromatic heterocycles. The predicted octanol–water partition coefficient (Wildman–Crippen LogP) is 3.71. The first-order chi connectivity index (χ1) is 18.9. The van der Waals surface area contributed by atoms with Gasteiger partial charge in [-0.1, -0.05) is 23.4 Å². The summed E-state index contributed by atoms with van der Waals surface area (Å²) in [6.07, 6.45) is 8.39. The van der Waals surface area contributed by atoms with Gasteiger partial charge in [0.2, 0.25) is 0 Å². The number of hydrazone groups is 1. The Bertz CT molecular complexity index is 1620. The zero-order chi connectivity index (χ0) is 26.8. The Morgan fingerprint density at radius 1 is 1.13 bits per heavy atom. The van der Waals surface area contributed by atoms with Gasteiger partial charge in [0.15, 0.2) is 11.4 Å².